The third-order valence-corrected chi connectivity index (χ3v) is 7.72. The molecule has 204 valence electrons. The number of aromatic nitrogens is 3. The fourth-order valence-corrected chi connectivity index (χ4v) is 6.00. The monoisotopic (exact) mass is 554 g/mol. The van der Waals surface area contributed by atoms with Crippen molar-refractivity contribution in [1.82, 2.24) is 14.1 Å². The Bertz CT molecular complexity index is 1790. The quantitative estimate of drug-likeness (QED) is 0.241. The number of rotatable bonds is 8. The molecular formula is C31H30N4O4S. The second-order valence-electron chi connectivity index (χ2n) is 9.34. The van der Waals surface area contributed by atoms with Gasteiger partial charge in [-0.1, -0.05) is 36.1 Å². The molecule has 0 bridgehead atoms. The van der Waals surface area contributed by atoms with Gasteiger partial charge in [-0.15, -0.1) is 0 Å². The first-order valence-electron chi connectivity index (χ1n) is 13.0. The summed E-state index contributed by atoms with van der Waals surface area (Å²) in [6.45, 7) is 11.8. The van der Waals surface area contributed by atoms with E-state index in [0.717, 1.165) is 28.2 Å². The molecule has 4 heterocycles. The molecule has 0 saturated carbocycles. The van der Waals surface area contributed by atoms with Crippen LogP contribution in [0, 0.1) is 13.8 Å². The average molecular weight is 555 g/mol. The van der Waals surface area contributed by atoms with Crippen molar-refractivity contribution in [3.05, 3.63) is 121 Å². The van der Waals surface area contributed by atoms with Gasteiger partial charge in [-0.25, -0.2) is 9.79 Å². The van der Waals surface area contributed by atoms with Gasteiger partial charge in [0.05, 0.1) is 40.3 Å². The summed E-state index contributed by atoms with van der Waals surface area (Å²) >= 11 is 1.30. The summed E-state index contributed by atoms with van der Waals surface area (Å²) in [7, 11) is 0. The van der Waals surface area contributed by atoms with Crippen molar-refractivity contribution in [2.75, 3.05) is 13.2 Å². The number of pyridine rings is 1. The van der Waals surface area contributed by atoms with E-state index in [4.69, 9.17) is 9.47 Å². The molecular weight excluding hydrogens is 524 g/mol. The molecule has 8 nitrogen and oxygen atoms in total. The van der Waals surface area contributed by atoms with Gasteiger partial charge in [-0.3, -0.25) is 14.3 Å². The Morgan fingerprint density at radius 3 is 2.62 bits per heavy atom. The minimum absolute atomic E-state index is 0.216. The SMILES string of the molecule is C=CCOc1ccc([C@@H]2C(C(=O)OCC)=C(C)N=c3s/c(=C/c4cc(C)n(-c5cccnc5)c4C)c(=O)n32)cc1. The molecule has 4 aromatic rings. The number of thiazole rings is 1. The largest absolute Gasteiger partial charge is 0.490 e. The number of benzene rings is 1. The van der Waals surface area contributed by atoms with Crippen LogP contribution in [0.2, 0.25) is 0 Å². The van der Waals surface area contributed by atoms with E-state index in [1.807, 2.05) is 62.5 Å². The lowest BCUT2D eigenvalue weighted by Crippen LogP contribution is -2.39. The number of nitrogens with zero attached hydrogens (tertiary/aromatic N) is 4. The lowest BCUT2D eigenvalue weighted by molar-refractivity contribution is -0.139. The van der Waals surface area contributed by atoms with Gasteiger partial charge >= 0.3 is 5.97 Å². The lowest BCUT2D eigenvalue weighted by Gasteiger charge is -2.24. The second-order valence-corrected chi connectivity index (χ2v) is 10.4. The first kappa shape index (κ1) is 27.1. The van der Waals surface area contributed by atoms with E-state index < -0.39 is 12.0 Å². The summed E-state index contributed by atoms with van der Waals surface area (Å²) < 4.78 is 15.3. The second kappa shape index (κ2) is 11.3. The molecule has 3 aromatic heterocycles. The summed E-state index contributed by atoms with van der Waals surface area (Å²) in [6, 6.07) is 12.6. The molecule has 5 rings (SSSR count). The summed E-state index contributed by atoms with van der Waals surface area (Å²) in [5.41, 5.74) is 5.30. The van der Waals surface area contributed by atoms with Crippen LogP contribution in [0.4, 0.5) is 0 Å². The third kappa shape index (κ3) is 4.96. The third-order valence-electron chi connectivity index (χ3n) is 6.74. The van der Waals surface area contributed by atoms with Crippen LogP contribution in [0.3, 0.4) is 0 Å². The number of esters is 1. The fraction of sp³-hybridized carbons (Fsp3) is 0.226. The number of carbonyl (C=O) groups excluding carboxylic acids is 1. The van der Waals surface area contributed by atoms with E-state index in [-0.39, 0.29) is 12.2 Å². The predicted molar refractivity (Wildman–Crippen MR) is 156 cm³/mol. The number of fused-ring (bicyclic) bond motifs is 1. The standard InChI is InChI=1S/C31H30N4O4S/c1-6-15-39-25-12-10-22(11-13-25)28-27(30(37)38-7-2)20(4)33-31-35(28)29(36)26(40-31)17-23-16-19(3)34(21(23)5)24-9-8-14-32-18-24/h6,8-14,16-18,28H,1,7,15H2,2-5H3/b26-17+/t28-/m1/s1. The van der Waals surface area contributed by atoms with Crippen molar-refractivity contribution >= 4 is 23.4 Å². The molecule has 0 saturated heterocycles. The van der Waals surface area contributed by atoms with Crippen LogP contribution >= 0.6 is 11.3 Å². The van der Waals surface area contributed by atoms with Gasteiger partial charge in [0.25, 0.3) is 5.56 Å². The van der Waals surface area contributed by atoms with E-state index in [0.29, 0.717) is 33.0 Å². The normalized spacial score (nSPS) is 15.0. The van der Waals surface area contributed by atoms with Gasteiger partial charge in [0, 0.05) is 17.6 Å². The maximum absolute atomic E-state index is 14.0. The Morgan fingerprint density at radius 1 is 1.18 bits per heavy atom. The Morgan fingerprint density at radius 2 is 1.95 bits per heavy atom. The highest BCUT2D eigenvalue weighted by Gasteiger charge is 2.33. The average Bonchev–Trinajstić information content (AvgIpc) is 3.41. The van der Waals surface area contributed by atoms with Crippen LogP contribution in [-0.4, -0.2) is 33.3 Å². The zero-order valence-electron chi connectivity index (χ0n) is 22.9. The van der Waals surface area contributed by atoms with Gasteiger partial charge in [0.1, 0.15) is 12.4 Å². The van der Waals surface area contributed by atoms with Crippen molar-refractivity contribution in [1.29, 1.82) is 0 Å². The van der Waals surface area contributed by atoms with E-state index in [2.05, 4.69) is 27.2 Å². The van der Waals surface area contributed by atoms with Gasteiger partial charge in [0.15, 0.2) is 4.80 Å². The van der Waals surface area contributed by atoms with Crippen molar-refractivity contribution in [3.63, 3.8) is 0 Å². The molecule has 0 spiro atoms. The number of aryl methyl sites for hydroxylation is 1. The minimum atomic E-state index is -0.686. The molecule has 0 radical (unpaired) electrons. The summed E-state index contributed by atoms with van der Waals surface area (Å²) in [5.74, 6) is 0.174. The molecule has 9 heteroatoms. The molecule has 0 fully saturated rings. The highest BCUT2D eigenvalue weighted by atomic mass is 32.1. The molecule has 1 atom stereocenters. The van der Waals surface area contributed by atoms with E-state index in [9.17, 15) is 9.59 Å². The smallest absolute Gasteiger partial charge is 0.338 e. The first-order chi connectivity index (χ1) is 19.3. The minimum Gasteiger partial charge on any atom is -0.490 e. The van der Waals surface area contributed by atoms with Crippen LogP contribution in [0.5, 0.6) is 5.75 Å². The molecule has 0 aliphatic carbocycles. The lowest BCUT2D eigenvalue weighted by atomic mass is 9.96. The molecule has 1 aliphatic heterocycles. The van der Waals surface area contributed by atoms with E-state index >= 15 is 0 Å². The Labute approximate surface area is 235 Å². The van der Waals surface area contributed by atoms with Crippen LogP contribution in [0.15, 0.2) is 88.6 Å². The predicted octanol–water partition coefficient (Wildman–Crippen LogP) is 4.17. The molecule has 1 aliphatic rings. The number of hydrogen-bond acceptors (Lipinski definition) is 7. The van der Waals surface area contributed by atoms with Crippen LogP contribution in [-0.2, 0) is 9.53 Å². The van der Waals surface area contributed by atoms with Crippen molar-refractivity contribution in [3.8, 4) is 11.4 Å². The summed E-state index contributed by atoms with van der Waals surface area (Å²) in [5, 5.41) is 0. The fourth-order valence-electron chi connectivity index (χ4n) is 4.97. The van der Waals surface area contributed by atoms with Crippen LogP contribution in [0.25, 0.3) is 11.8 Å². The zero-order chi connectivity index (χ0) is 28.4. The van der Waals surface area contributed by atoms with Gasteiger partial charge in [0.2, 0.25) is 0 Å². The van der Waals surface area contributed by atoms with Gasteiger partial charge < -0.3 is 14.0 Å². The molecule has 0 N–H and O–H groups in total. The Balaban J connectivity index is 1.66. The summed E-state index contributed by atoms with van der Waals surface area (Å²) in [6.07, 6.45) is 7.12. The van der Waals surface area contributed by atoms with Crippen molar-refractivity contribution in [2.45, 2.75) is 33.7 Å². The molecule has 0 unspecified atom stereocenters. The number of carbonyl (C=O) groups is 1. The van der Waals surface area contributed by atoms with Crippen LogP contribution < -0.4 is 19.6 Å². The highest BCUT2D eigenvalue weighted by Crippen LogP contribution is 2.31. The number of hydrogen-bond donors (Lipinski definition) is 0. The molecule has 1 aromatic carbocycles. The van der Waals surface area contributed by atoms with E-state index in [1.165, 1.54) is 11.3 Å². The Kier molecular flexibility index (Phi) is 7.66. The molecule has 0 amide bonds. The highest BCUT2D eigenvalue weighted by molar-refractivity contribution is 7.07. The maximum atomic E-state index is 14.0. The first-order valence-corrected chi connectivity index (χ1v) is 13.8. The van der Waals surface area contributed by atoms with E-state index in [1.54, 1.807) is 30.7 Å². The molecule has 40 heavy (non-hydrogen) atoms. The van der Waals surface area contributed by atoms with Crippen molar-refractivity contribution in [2.24, 2.45) is 4.99 Å². The maximum Gasteiger partial charge on any atom is 0.338 e. The van der Waals surface area contributed by atoms with Gasteiger partial charge in [-0.05, 0) is 75.2 Å². The zero-order valence-corrected chi connectivity index (χ0v) is 23.7. The number of ether oxygens (including phenoxy) is 2. The number of allylic oxidation sites excluding steroid dienone is 1. The van der Waals surface area contributed by atoms with Gasteiger partial charge in [-0.2, -0.15) is 0 Å². The van der Waals surface area contributed by atoms with Crippen LogP contribution in [0.1, 0.15) is 42.4 Å². The Hall–Kier alpha value is -4.50. The topological polar surface area (TPSA) is 87.7 Å². The van der Waals surface area contributed by atoms with Crippen molar-refractivity contribution < 1.29 is 14.3 Å². The summed E-state index contributed by atoms with van der Waals surface area (Å²) in [4.78, 5) is 36.5.